The second-order valence-corrected chi connectivity index (χ2v) is 5.16. The molecule has 19 heavy (non-hydrogen) atoms. The van der Waals surface area contributed by atoms with E-state index in [4.69, 9.17) is 0 Å². The normalized spacial score (nSPS) is 12.1. The van der Waals surface area contributed by atoms with Crippen LogP contribution in [0.1, 0.15) is 22.9 Å². The third-order valence-electron chi connectivity index (χ3n) is 2.79. The van der Waals surface area contributed by atoms with Crippen LogP contribution >= 0.6 is 15.9 Å². The number of carbonyl (C=O) groups is 1. The standard InChI is InChI=1S/C14H13BrN2O2/c1-9-7-16-13(17-8-9)11(14(18)19)6-10-4-2-3-5-12(10)15/h2-5,7-8,11H,6H2,1H3,(H,18,19). The predicted molar refractivity (Wildman–Crippen MR) is 75.0 cm³/mol. The maximum absolute atomic E-state index is 11.4. The molecule has 4 nitrogen and oxygen atoms in total. The summed E-state index contributed by atoms with van der Waals surface area (Å²) in [5.74, 6) is -1.31. The summed E-state index contributed by atoms with van der Waals surface area (Å²) in [6.07, 6.45) is 3.64. The van der Waals surface area contributed by atoms with Crippen LogP contribution < -0.4 is 0 Å². The molecule has 0 aliphatic carbocycles. The highest BCUT2D eigenvalue weighted by atomic mass is 79.9. The van der Waals surface area contributed by atoms with E-state index in [1.54, 1.807) is 12.4 Å². The van der Waals surface area contributed by atoms with Gasteiger partial charge in [-0.3, -0.25) is 4.79 Å². The Bertz CT molecular complexity index is 584. The molecular weight excluding hydrogens is 308 g/mol. The first-order valence-electron chi connectivity index (χ1n) is 5.82. The van der Waals surface area contributed by atoms with Gasteiger partial charge in [-0.1, -0.05) is 34.1 Å². The van der Waals surface area contributed by atoms with E-state index < -0.39 is 11.9 Å². The molecule has 0 aliphatic rings. The Balaban J connectivity index is 2.29. The summed E-state index contributed by atoms with van der Waals surface area (Å²) < 4.78 is 0.897. The Morgan fingerprint density at radius 2 is 1.95 bits per heavy atom. The molecule has 0 aliphatic heterocycles. The monoisotopic (exact) mass is 320 g/mol. The van der Waals surface area contributed by atoms with Crippen molar-refractivity contribution in [1.29, 1.82) is 0 Å². The molecule has 1 atom stereocenters. The molecule has 0 amide bonds. The molecule has 98 valence electrons. The van der Waals surface area contributed by atoms with Gasteiger partial charge in [0.1, 0.15) is 11.7 Å². The van der Waals surface area contributed by atoms with Crippen molar-refractivity contribution in [3.05, 3.63) is 58.1 Å². The Kier molecular flexibility index (Phi) is 4.27. The summed E-state index contributed by atoms with van der Waals surface area (Å²) in [5, 5.41) is 9.35. The first kappa shape index (κ1) is 13.7. The molecular formula is C14H13BrN2O2. The number of rotatable bonds is 4. The van der Waals surface area contributed by atoms with E-state index >= 15 is 0 Å². The van der Waals surface area contributed by atoms with Gasteiger partial charge in [0, 0.05) is 16.9 Å². The fourth-order valence-corrected chi connectivity index (χ4v) is 2.20. The van der Waals surface area contributed by atoms with Crippen LogP contribution in [-0.2, 0) is 11.2 Å². The first-order valence-corrected chi connectivity index (χ1v) is 6.62. The molecule has 1 unspecified atom stereocenters. The largest absolute Gasteiger partial charge is 0.481 e. The van der Waals surface area contributed by atoms with Crippen LogP contribution in [-0.4, -0.2) is 21.0 Å². The van der Waals surface area contributed by atoms with Gasteiger partial charge >= 0.3 is 5.97 Å². The highest BCUT2D eigenvalue weighted by Gasteiger charge is 2.23. The van der Waals surface area contributed by atoms with Crippen LogP contribution in [0.25, 0.3) is 0 Å². The number of hydrogen-bond acceptors (Lipinski definition) is 3. The molecule has 0 saturated heterocycles. The minimum Gasteiger partial charge on any atom is -0.481 e. The fourth-order valence-electron chi connectivity index (χ4n) is 1.76. The molecule has 2 aromatic rings. The highest BCUT2D eigenvalue weighted by Crippen LogP contribution is 2.23. The van der Waals surface area contributed by atoms with E-state index in [-0.39, 0.29) is 0 Å². The van der Waals surface area contributed by atoms with Gasteiger partial charge in [-0.25, -0.2) is 9.97 Å². The van der Waals surface area contributed by atoms with Crippen LogP contribution in [0, 0.1) is 6.92 Å². The molecule has 0 fully saturated rings. The molecule has 1 aromatic heterocycles. The van der Waals surface area contributed by atoms with Gasteiger partial charge in [0.25, 0.3) is 0 Å². The van der Waals surface area contributed by atoms with Crippen molar-refractivity contribution in [3.8, 4) is 0 Å². The van der Waals surface area contributed by atoms with Gasteiger partial charge in [-0.05, 0) is 30.5 Å². The van der Waals surface area contributed by atoms with Crippen molar-refractivity contribution >= 4 is 21.9 Å². The van der Waals surface area contributed by atoms with E-state index in [1.165, 1.54) is 0 Å². The Morgan fingerprint density at radius 1 is 1.32 bits per heavy atom. The number of carboxylic acid groups (broad SMARTS) is 1. The Morgan fingerprint density at radius 3 is 2.53 bits per heavy atom. The Labute approximate surface area is 119 Å². The van der Waals surface area contributed by atoms with E-state index in [1.807, 2.05) is 31.2 Å². The molecule has 1 N–H and O–H groups in total. The minimum atomic E-state index is -0.917. The second-order valence-electron chi connectivity index (χ2n) is 4.30. The van der Waals surface area contributed by atoms with Crippen LogP contribution in [0.3, 0.4) is 0 Å². The quantitative estimate of drug-likeness (QED) is 0.940. The third kappa shape index (κ3) is 3.38. The first-order chi connectivity index (χ1) is 9.08. The average Bonchev–Trinajstić information content (AvgIpc) is 2.39. The lowest BCUT2D eigenvalue weighted by molar-refractivity contribution is -0.139. The minimum absolute atomic E-state index is 0.342. The molecule has 1 heterocycles. The number of benzene rings is 1. The van der Waals surface area contributed by atoms with Crippen LogP contribution in [0.4, 0.5) is 0 Å². The highest BCUT2D eigenvalue weighted by molar-refractivity contribution is 9.10. The number of carboxylic acids is 1. The van der Waals surface area contributed by atoms with Crippen LogP contribution in [0.2, 0.25) is 0 Å². The van der Waals surface area contributed by atoms with Crippen molar-refractivity contribution in [2.24, 2.45) is 0 Å². The van der Waals surface area contributed by atoms with E-state index in [0.29, 0.717) is 12.2 Å². The van der Waals surface area contributed by atoms with Crippen molar-refractivity contribution < 1.29 is 9.90 Å². The molecule has 0 saturated carbocycles. The van der Waals surface area contributed by atoms with Crippen molar-refractivity contribution in [2.75, 3.05) is 0 Å². The topological polar surface area (TPSA) is 63.1 Å². The molecule has 0 bridgehead atoms. The van der Waals surface area contributed by atoms with Crippen LogP contribution in [0.5, 0.6) is 0 Å². The van der Waals surface area contributed by atoms with Gasteiger partial charge in [-0.2, -0.15) is 0 Å². The summed E-state index contributed by atoms with van der Waals surface area (Å²) >= 11 is 3.42. The Hall–Kier alpha value is -1.75. The maximum Gasteiger partial charge on any atom is 0.314 e. The van der Waals surface area contributed by atoms with Crippen molar-refractivity contribution in [2.45, 2.75) is 19.3 Å². The molecule has 0 radical (unpaired) electrons. The van der Waals surface area contributed by atoms with E-state index in [0.717, 1.165) is 15.6 Å². The lowest BCUT2D eigenvalue weighted by Crippen LogP contribution is -2.17. The smallest absolute Gasteiger partial charge is 0.314 e. The number of hydrogen-bond donors (Lipinski definition) is 1. The predicted octanol–water partition coefficient (Wildman–Crippen LogP) is 2.96. The van der Waals surface area contributed by atoms with Gasteiger partial charge in [0.05, 0.1) is 0 Å². The lowest BCUT2D eigenvalue weighted by Gasteiger charge is -2.12. The molecule has 5 heteroatoms. The molecule has 1 aromatic carbocycles. The summed E-state index contributed by atoms with van der Waals surface area (Å²) in [5.41, 5.74) is 1.84. The fraction of sp³-hybridized carbons (Fsp3) is 0.214. The number of aromatic nitrogens is 2. The summed E-state index contributed by atoms with van der Waals surface area (Å²) in [7, 11) is 0. The number of aliphatic carboxylic acids is 1. The van der Waals surface area contributed by atoms with Gasteiger partial charge in [0.2, 0.25) is 0 Å². The summed E-state index contributed by atoms with van der Waals surface area (Å²) in [6, 6.07) is 7.57. The SMILES string of the molecule is Cc1cnc(C(Cc2ccccc2Br)C(=O)O)nc1. The zero-order valence-electron chi connectivity index (χ0n) is 10.4. The molecule has 0 spiro atoms. The number of aryl methyl sites for hydroxylation is 1. The van der Waals surface area contributed by atoms with Gasteiger partial charge in [-0.15, -0.1) is 0 Å². The second kappa shape index (κ2) is 5.93. The molecule has 2 rings (SSSR count). The zero-order chi connectivity index (χ0) is 13.8. The van der Waals surface area contributed by atoms with E-state index in [2.05, 4.69) is 25.9 Å². The maximum atomic E-state index is 11.4. The van der Waals surface area contributed by atoms with Gasteiger partial charge < -0.3 is 5.11 Å². The summed E-state index contributed by atoms with van der Waals surface area (Å²) in [6.45, 7) is 1.87. The zero-order valence-corrected chi connectivity index (χ0v) is 12.0. The third-order valence-corrected chi connectivity index (χ3v) is 3.57. The van der Waals surface area contributed by atoms with E-state index in [9.17, 15) is 9.90 Å². The summed E-state index contributed by atoms with van der Waals surface area (Å²) in [4.78, 5) is 19.6. The average molecular weight is 321 g/mol. The van der Waals surface area contributed by atoms with Crippen LogP contribution in [0.15, 0.2) is 41.1 Å². The van der Waals surface area contributed by atoms with Crippen molar-refractivity contribution in [3.63, 3.8) is 0 Å². The van der Waals surface area contributed by atoms with Crippen molar-refractivity contribution in [1.82, 2.24) is 9.97 Å². The number of halogens is 1. The lowest BCUT2D eigenvalue weighted by atomic mass is 9.98. The van der Waals surface area contributed by atoms with Gasteiger partial charge in [0.15, 0.2) is 0 Å². The number of nitrogens with zero attached hydrogens (tertiary/aromatic N) is 2.